The number of hydrogen-bond acceptors (Lipinski definition) is 4. The zero-order valence-corrected chi connectivity index (χ0v) is 17.3. The van der Waals surface area contributed by atoms with E-state index in [2.05, 4.69) is 15.4 Å². The molecule has 7 nitrogen and oxygen atoms in total. The molecule has 3 aromatic carbocycles. The Bertz CT molecular complexity index is 1170. The number of sulfonamides is 1. The Labute approximate surface area is 175 Å². The smallest absolute Gasteiger partial charge is 0.261 e. The summed E-state index contributed by atoms with van der Waals surface area (Å²) in [6.45, 7) is 3.25. The van der Waals surface area contributed by atoms with E-state index in [0.29, 0.717) is 17.1 Å². The summed E-state index contributed by atoms with van der Waals surface area (Å²) in [7, 11) is -3.77. The normalized spacial score (nSPS) is 10.9. The van der Waals surface area contributed by atoms with Crippen molar-refractivity contribution in [2.75, 3.05) is 15.4 Å². The largest absolute Gasteiger partial charge is 0.325 e. The van der Waals surface area contributed by atoms with Crippen LogP contribution in [0, 0.1) is 6.92 Å². The van der Waals surface area contributed by atoms with Gasteiger partial charge in [0.1, 0.15) is 0 Å². The van der Waals surface area contributed by atoms with Gasteiger partial charge in [-0.05, 0) is 61.0 Å². The Morgan fingerprint density at radius 1 is 0.800 bits per heavy atom. The van der Waals surface area contributed by atoms with Gasteiger partial charge in [-0.3, -0.25) is 14.3 Å². The fourth-order valence-corrected chi connectivity index (χ4v) is 3.82. The van der Waals surface area contributed by atoms with Crippen LogP contribution in [0.2, 0.25) is 0 Å². The number of rotatable bonds is 6. The van der Waals surface area contributed by atoms with E-state index in [9.17, 15) is 18.0 Å². The molecule has 0 aliphatic carbocycles. The summed E-state index contributed by atoms with van der Waals surface area (Å²) >= 11 is 0. The second-order valence-electron chi connectivity index (χ2n) is 6.68. The molecule has 154 valence electrons. The lowest BCUT2D eigenvalue weighted by atomic mass is 10.1. The molecular weight excluding hydrogens is 402 g/mol. The molecule has 3 rings (SSSR count). The monoisotopic (exact) mass is 423 g/mol. The van der Waals surface area contributed by atoms with Gasteiger partial charge in [0.25, 0.3) is 15.9 Å². The molecule has 0 fully saturated rings. The minimum absolute atomic E-state index is 0.0393. The van der Waals surface area contributed by atoms with Crippen LogP contribution in [-0.4, -0.2) is 20.2 Å². The molecule has 0 spiro atoms. The van der Waals surface area contributed by atoms with Gasteiger partial charge in [-0.15, -0.1) is 0 Å². The van der Waals surface area contributed by atoms with Crippen molar-refractivity contribution in [3.63, 3.8) is 0 Å². The third-order valence-electron chi connectivity index (χ3n) is 4.19. The summed E-state index contributed by atoms with van der Waals surface area (Å²) in [5, 5.41) is 5.42. The zero-order chi connectivity index (χ0) is 21.7. The van der Waals surface area contributed by atoms with Gasteiger partial charge in [-0.2, -0.15) is 0 Å². The van der Waals surface area contributed by atoms with Crippen LogP contribution < -0.4 is 15.4 Å². The lowest BCUT2D eigenvalue weighted by Crippen LogP contribution is -2.16. The third-order valence-corrected chi connectivity index (χ3v) is 5.58. The number of carbonyl (C=O) groups excluding carboxylic acids is 2. The van der Waals surface area contributed by atoms with E-state index < -0.39 is 15.9 Å². The molecule has 0 aliphatic heterocycles. The highest BCUT2D eigenvalue weighted by molar-refractivity contribution is 7.92. The lowest BCUT2D eigenvalue weighted by Gasteiger charge is -2.13. The van der Waals surface area contributed by atoms with E-state index in [0.717, 1.165) is 5.56 Å². The highest BCUT2D eigenvalue weighted by Gasteiger charge is 2.16. The quantitative estimate of drug-likeness (QED) is 0.557. The number of benzene rings is 3. The van der Waals surface area contributed by atoms with Crippen molar-refractivity contribution in [2.45, 2.75) is 18.7 Å². The van der Waals surface area contributed by atoms with Crippen molar-refractivity contribution in [1.29, 1.82) is 0 Å². The molecule has 0 aromatic heterocycles. The predicted octanol–water partition coefficient (Wildman–Crippen LogP) is 4.01. The molecule has 3 N–H and O–H groups in total. The Kier molecular flexibility index (Phi) is 6.17. The Morgan fingerprint density at radius 3 is 2.10 bits per heavy atom. The van der Waals surface area contributed by atoms with Crippen LogP contribution in [0.1, 0.15) is 22.8 Å². The molecule has 3 aromatic rings. The topological polar surface area (TPSA) is 104 Å². The van der Waals surface area contributed by atoms with E-state index in [-0.39, 0.29) is 16.4 Å². The van der Waals surface area contributed by atoms with Crippen molar-refractivity contribution in [1.82, 2.24) is 0 Å². The number of amides is 2. The van der Waals surface area contributed by atoms with Crippen LogP contribution >= 0.6 is 0 Å². The first kappa shape index (κ1) is 21.1. The number of carbonyl (C=O) groups is 2. The molecular formula is C22H21N3O4S. The second kappa shape index (κ2) is 8.79. The van der Waals surface area contributed by atoms with Crippen LogP contribution in [0.15, 0.2) is 77.7 Å². The maximum Gasteiger partial charge on any atom is 0.261 e. The van der Waals surface area contributed by atoms with Crippen molar-refractivity contribution in [3.05, 3.63) is 83.9 Å². The van der Waals surface area contributed by atoms with Crippen molar-refractivity contribution in [3.8, 4) is 0 Å². The van der Waals surface area contributed by atoms with E-state index in [4.69, 9.17) is 0 Å². The molecule has 0 atom stereocenters. The number of aryl methyl sites for hydroxylation is 1. The molecule has 0 aliphatic rings. The van der Waals surface area contributed by atoms with Crippen molar-refractivity contribution in [2.24, 2.45) is 0 Å². The fourth-order valence-electron chi connectivity index (χ4n) is 2.76. The summed E-state index contributed by atoms with van der Waals surface area (Å²) in [5.41, 5.74) is 2.58. The van der Waals surface area contributed by atoms with Crippen LogP contribution in [0.25, 0.3) is 0 Å². The molecule has 2 amide bonds. The number of anilines is 3. The number of hydrogen-bond donors (Lipinski definition) is 3. The van der Waals surface area contributed by atoms with Crippen LogP contribution in [-0.2, 0) is 14.8 Å². The van der Waals surface area contributed by atoms with E-state index in [1.165, 1.54) is 31.2 Å². The van der Waals surface area contributed by atoms with Gasteiger partial charge in [0.15, 0.2) is 0 Å². The van der Waals surface area contributed by atoms with Crippen molar-refractivity contribution < 1.29 is 18.0 Å². The second-order valence-corrected chi connectivity index (χ2v) is 8.36. The van der Waals surface area contributed by atoms with Crippen LogP contribution in [0.3, 0.4) is 0 Å². The average Bonchev–Trinajstić information content (AvgIpc) is 2.70. The molecule has 0 unspecified atom stereocenters. The summed E-state index contributed by atoms with van der Waals surface area (Å²) in [6.07, 6.45) is 0. The van der Waals surface area contributed by atoms with Gasteiger partial charge < -0.3 is 10.6 Å². The minimum atomic E-state index is -3.77. The van der Waals surface area contributed by atoms with Crippen LogP contribution in [0.5, 0.6) is 0 Å². The first-order valence-electron chi connectivity index (χ1n) is 9.12. The summed E-state index contributed by atoms with van der Waals surface area (Å²) in [6, 6.07) is 19.4. The summed E-state index contributed by atoms with van der Waals surface area (Å²) in [5.74, 6) is -0.679. The maximum atomic E-state index is 12.6. The summed E-state index contributed by atoms with van der Waals surface area (Å²) < 4.78 is 27.5. The molecule has 0 radical (unpaired) electrons. The van der Waals surface area contributed by atoms with Gasteiger partial charge in [0.2, 0.25) is 5.91 Å². The van der Waals surface area contributed by atoms with Gasteiger partial charge in [-0.25, -0.2) is 8.42 Å². The van der Waals surface area contributed by atoms with Gasteiger partial charge in [0.05, 0.1) is 16.3 Å². The van der Waals surface area contributed by atoms with Gasteiger partial charge >= 0.3 is 0 Å². The Balaban J connectivity index is 1.77. The first-order valence-corrected chi connectivity index (χ1v) is 10.6. The average molecular weight is 423 g/mol. The SMILES string of the molecule is CC(=O)Nc1ccc(C)cc1NC(=O)c1ccc(S(=O)(=O)Nc2ccccc2)cc1. The zero-order valence-electron chi connectivity index (χ0n) is 16.5. The molecule has 0 saturated heterocycles. The van der Waals surface area contributed by atoms with Gasteiger partial charge in [-0.1, -0.05) is 24.3 Å². The van der Waals surface area contributed by atoms with E-state index in [1.807, 2.05) is 13.0 Å². The maximum absolute atomic E-state index is 12.6. The number of para-hydroxylation sites is 1. The standard InChI is InChI=1S/C22H21N3O4S/c1-15-8-13-20(23-16(2)26)21(14-15)24-22(27)17-9-11-19(12-10-17)30(28,29)25-18-6-4-3-5-7-18/h3-14,25H,1-2H3,(H,23,26)(H,24,27). The van der Waals surface area contributed by atoms with Gasteiger partial charge in [0, 0.05) is 18.2 Å². The molecule has 8 heteroatoms. The highest BCUT2D eigenvalue weighted by atomic mass is 32.2. The Morgan fingerprint density at radius 2 is 1.47 bits per heavy atom. The Hall–Kier alpha value is -3.65. The predicted molar refractivity (Wildman–Crippen MR) is 117 cm³/mol. The van der Waals surface area contributed by atoms with Crippen molar-refractivity contribution >= 4 is 38.9 Å². The molecule has 0 heterocycles. The molecule has 30 heavy (non-hydrogen) atoms. The highest BCUT2D eigenvalue weighted by Crippen LogP contribution is 2.24. The third kappa shape index (κ3) is 5.24. The molecule has 0 saturated carbocycles. The fraction of sp³-hybridized carbons (Fsp3) is 0.0909. The lowest BCUT2D eigenvalue weighted by molar-refractivity contribution is -0.114. The first-order chi connectivity index (χ1) is 14.2. The minimum Gasteiger partial charge on any atom is -0.325 e. The van der Waals surface area contributed by atoms with Crippen LogP contribution in [0.4, 0.5) is 17.1 Å². The summed E-state index contributed by atoms with van der Waals surface area (Å²) in [4.78, 5) is 24.0. The van der Waals surface area contributed by atoms with E-state index >= 15 is 0 Å². The number of nitrogens with one attached hydrogen (secondary N) is 3. The van der Waals surface area contributed by atoms with E-state index in [1.54, 1.807) is 42.5 Å². The molecule has 0 bridgehead atoms.